The summed E-state index contributed by atoms with van der Waals surface area (Å²) in [7, 11) is 0. The number of carbonyl (C=O) groups excluding carboxylic acids is 1. The van der Waals surface area contributed by atoms with E-state index in [0.29, 0.717) is 18.5 Å². The van der Waals surface area contributed by atoms with Crippen LogP contribution in [-0.2, 0) is 17.8 Å². The summed E-state index contributed by atoms with van der Waals surface area (Å²) in [5.41, 5.74) is 6.32. The van der Waals surface area contributed by atoms with Crippen LogP contribution in [0.15, 0.2) is 18.2 Å². The number of rotatable bonds is 5. The highest BCUT2D eigenvalue weighted by molar-refractivity contribution is 5.92. The second-order valence-corrected chi connectivity index (χ2v) is 5.72. The maximum absolute atomic E-state index is 11.6. The highest BCUT2D eigenvalue weighted by Crippen LogP contribution is 2.25. The highest BCUT2D eigenvalue weighted by atomic mass is 16.4. The van der Waals surface area contributed by atoms with Crippen LogP contribution in [0, 0.1) is 5.41 Å². The van der Waals surface area contributed by atoms with Crippen molar-refractivity contribution in [3.05, 3.63) is 29.6 Å². The predicted octanol–water partition coefficient (Wildman–Crippen LogP) is 1.81. The van der Waals surface area contributed by atoms with E-state index in [1.165, 1.54) is 6.07 Å². The quantitative estimate of drug-likeness (QED) is 0.877. The Bertz CT molecular complexity index is 716. The van der Waals surface area contributed by atoms with Gasteiger partial charge in [0, 0.05) is 13.0 Å². The van der Waals surface area contributed by atoms with Crippen molar-refractivity contribution < 1.29 is 14.7 Å². The Kier molecular flexibility index (Phi) is 3.72. The van der Waals surface area contributed by atoms with Gasteiger partial charge in [0.2, 0.25) is 5.91 Å². The van der Waals surface area contributed by atoms with Gasteiger partial charge in [0.1, 0.15) is 5.82 Å². The molecule has 0 unspecified atom stereocenters. The Morgan fingerprint density at radius 2 is 2.05 bits per heavy atom. The SMILES string of the molecule is CCc1nc2ccc(C(=O)O)cc2n1CC(C)(C)C(N)=O. The molecule has 1 aromatic heterocycles. The number of aromatic nitrogens is 2. The van der Waals surface area contributed by atoms with E-state index in [1.54, 1.807) is 26.0 Å². The normalized spacial score (nSPS) is 11.8. The van der Waals surface area contributed by atoms with Crippen molar-refractivity contribution in [3.63, 3.8) is 0 Å². The van der Waals surface area contributed by atoms with Crippen LogP contribution < -0.4 is 5.73 Å². The molecule has 21 heavy (non-hydrogen) atoms. The number of carboxylic acids is 1. The average molecular weight is 289 g/mol. The predicted molar refractivity (Wildman–Crippen MR) is 79.0 cm³/mol. The van der Waals surface area contributed by atoms with Crippen LogP contribution in [0.1, 0.15) is 37.0 Å². The number of fused-ring (bicyclic) bond motifs is 1. The second kappa shape index (κ2) is 5.20. The molecule has 1 aromatic carbocycles. The fraction of sp³-hybridized carbons (Fsp3) is 0.400. The van der Waals surface area contributed by atoms with Gasteiger partial charge < -0.3 is 15.4 Å². The van der Waals surface area contributed by atoms with Crippen LogP contribution in [0.4, 0.5) is 0 Å². The minimum absolute atomic E-state index is 0.197. The molecule has 0 saturated heterocycles. The molecule has 3 N–H and O–H groups in total. The summed E-state index contributed by atoms with van der Waals surface area (Å²) in [6.07, 6.45) is 0.686. The lowest BCUT2D eigenvalue weighted by atomic mass is 9.92. The van der Waals surface area contributed by atoms with Crippen LogP contribution in [0.5, 0.6) is 0 Å². The van der Waals surface area contributed by atoms with Crippen molar-refractivity contribution in [2.24, 2.45) is 11.1 Å². The zero-order chi connectivity index (χ0) is 15.8. The van der Waals surface area contributed by atoms with Crippen LogP contribution in [0.3, 0.4) is 0 Å². The molecule has 0 spiro atoms. The van der Waals surface area contributed by atoms with E-state index in [-0.39, 0.29) is 5.56 Å². The van der Waals surface area contributed by atoms with Gasteiger partial charge in [0.25, 0.3) is 0 Å². The van der Waals surface area contributed by atoms with E-state index in [2.05, 4.69) is 4.98 Å². The Hall–Kier alpha value is -2.37. The van der Waals surface area contributed by atoms with E-state index < -0.39 is 17.3 Å². The molecule has 0 aliphatic rings. The summed E-state index contributed by atoms with van der Waals surface area (Å²) >= 11 is 0. The van der Waals surface area contributed by atoms with Gasteiger partial charge in [-0.05, 0) is 32.0 Å². The van der Waals surface area contributed by atoms with Gasteiger partial charge in [-0.25, -0.2) is 9.78 Å². The molecule has 0 radical (unpaired) electrons. The largest absolute Gasteiger partial charge is 0.478 e. The molecule has 0 atom stereocenters. The maximum Gasteiger partial charge on any atom is 0.335 e. The number of carbonyl (C=O) groups is 2. The lowest BCUT2D eigenvalue weighted by Gasteiger charge is -2.22. The van der Waals surface area contributed by atoms with Crippen molar-refractivity contribution in [2.45, 2.75) is 33.7 Å². The molecule has 2 aromatic rings. The molecular formula is C15H19N3O3. The number of nitrogens with two attached hydrogens (primary N) is 1. The smallest absolute Gasteiger partial charge is 0.335 e. The van der Waals surface area contributed by atoms with Gasteiger partial charge in [-0.2, -0.15) is 0 Å². The van der Waals surface area contributed by atoms with Gasteiger partial charge >= 0.3 is 5.97 Å². The number of amides is 1. The third kappa shape index (κ3) is 2.74. The van der Waals surface area contributed by atoms with Gasteiger partial charge in [-0.15, -0.1) is 0 Å². The van der Waals surface area contributed by atoms with E-state index in [0.717, 1.165) is 11.3 Å². The molecule has 2 rings (SSSR count). The zero-order valence-electron chi connectivity index (χ0n) is 12.4. The summed E-state index contributed by atoms with van der Waals surface area (Å²) in [6, 6.07) is 4.80. The second-order valence-electron chi connectivity index (χ2n) is 5.72. The molecule has 0 aliphatic carbocycles. The Balaban J connectivity index is 2.61. The highest BCUT2D eigenvalue weighted by Gasteiger charge is 2.27. The zero-order valence-corrected chi connectivity index (χ0v) is 12.4. The first-order chi connectivity index (χ1) is 9.76. The van der Waals surface area contributed by atoms with Gasteiger partial charge in [-0.3, -0.25) is 4.79 Å². The number of nitrogens with zero attached hydrogens (tertiary/aromatic N) is 2. The molecule has 1 heterocycles. The van der Waals surface area contributed by atoms with Crippen LogP contribution in [0.2, 0.25) is 0 Å². The monoisotopic (exact) mass is 289 g/mol. The fourth-order valence-corrected chi connectivity index (χ4v) is 2.23. The average Bonchev–Trinajstić information content (AvgIpc) is 2.75. The molecular weight excluding hydrogens is 270 g/mol. The first kappa shape index (κ1) is 15.0. The lowest BCUT2D eigenvalue weighted by Crippen LogP contribution is -2.35. The van der Waals surface area contributed by atoms with Gasteiger partial charge in [0.15, 0.2) is 0 Å². The lowest BCUT2D eigenvalue weighted by molar-refractivity contribution is -0.126. The standard InChI is InChI=1S/C15H19N3O3/c1-4-12-17-10-6-5-9(13(19)20)7-11(10)18(12)8-15(2,3)14(16)21/h5-7H,4,8H2,1-3H3,(H2,16,21)(H,19,20). The minimum Gasteiger partial charge on any atom is -0.478 e. The first-order valence-corrected chi connectivity index (χ1v) is 6.78. The topological polar surface area (TPSA) is 98.2 Å². The minimum atomic E-state index is -0.989. The van der Waals surface area contributed by atoms with Crippen LogP contribution >= 0.6 is 0 Å². The number of aryl methyl sites for hydroxylation is 1. The third-order valence-corrected chi connectivity index (χ3v) is 3.61. The van der Waals surface area contributed by atoms with E-state index >= 15 is 0 Å². The molecule has 0 fully saturated rings. The Labute approximate surface area is 122 Å². The number of imidazole rings is 1. The van der Waals surface area contributed by atoms with Gasteiger partial charge in [0.05, 0.1) is 22.0 Å². The summed E-state index contributed by atoms with van der Waals surface area (Å²) in [5, 5.41) is 9.12. The molecule has 6 nitrogen and oxygen atoms in total. The molecule has 6 heteroatoms. The van der Waals surface area contributed by atoms with Crippen molar-refractivity contribution in [1.29, 1.82) is 0 Å². The number of hydrogen-bond acceptors (Lipinski definition) is 3. The maximum atomic E-state index is 11.6. The summed E-state index contributed by atoms with van der Waals surface area (Å²) in [5.74, 6) is -0.584. The molecule has 0 saturated carbocycles. The first-order valence-electron chi connectivity index (χ1n) is 6.78. The van der Waals surface area contributed by atoms with Crippen LogP contribution in [0.25, 0.3) is 11.0 Å². The number of carboxylic acid groups (broad SMARTS) is 1. The van der Waals surface area contributed by atoms with Crippen molar-refractivity contribution >= 4 is 22.9 Å². The fourth-order valence-electron chi connectivity index (χ4n) is 2.23. The van der Waals surface area contributed by atoms with Crippen molar-refractivity contribution in [3.8, 4) is 0 Å². The van der Waals surface area contributed by atoms with Crippen molar-refractivity contribution in [1.82, 2.24) is 9.55 Å². The number of primary amides is 1. The molecule has 112 valence electrons. The van der Waals surface area contributed by atoms with Gasteiger partial charge in [-0.1, -0.05) is 6.92 Å². The number of hydrogen-bond donors (Lipinski definition) is 2. The molecule has 0 bridgehead atoms. The summed E-state index contributed by atoms with van der Waals surface area (Å²) < 4.78 is 1.88. The van der Waals surface area contributed by atoms with E-state index in [1.807, 2.05) is 11.5 Å². The van der Waals surface area contributed by atoms with E-state index in [4.69, 9.17) is 10.8 Å². The number of aromatic carboxylic acids is 1. The summed E-state index contributed by atoms with van der Waals surface area (Å²) in [4.78, 5) is 27.2. The molecule has 1 amide bonds. The van der Waals surface area contributed by atoms with E-state index in [9.17, 15) is 9.59 Å². The summed E-state index contributed by atoms with van der Waals surface area (Å²) in [6.45, 7) is 5.86. The van der Waals surface area contributed by atoms with Crippen LogP contribution in [-0.4, -0.2) is 26.5 Å². The number of benzene rings is 1. The molecule has 0 aliphatic heterocycles. The third-order valence-electron chi connectivity index (χ3n) is 3.61. The Morgan fingerprint density at radius 3 is 2.57 bits per heavy atom. The van der Waals surface area contributed by atoms with Crippen molar-refractivity contribution in [2.75, 3.05) is 0 Å². The Morgan fingerprint density at radius 1 is 1.38 bits per heavy atom.